The molecule has 0 saturated heterocycles. The quantitative estimate of drug-likeness (QED) is 0.740. The molecule has 0 radical (unpaired) electrons. The Morgan fingerprint density at radius 2 is 2.12 bits per heavy atom. The van der Waals surface area contributed by atoms with Gasteiger partial charge < -0.3 is 10.1 Å². The van der Waals surface area contributed by atoms with E-state index in [2.05, 4.69) is 5.32 Å². The summed E-state index contributed by atoms with van der Waals surface area (Å²) in [5.74, 6) is -0.0879. The minimum Gasteiger partial charge on any atom is -0.444 e. The molecule has 1 rings (SSSR count). The molecule has 1 heterocycles. The minimum atomic E-state index is -0.517. The molecule has 2 amide bonds. The SMILES string of the molecule is CNC(=O)C[C@H]1C=CCN1C(=O)OC(C)(C)C. The Hall–Kier alpha value is -1.52. The van der Waals surface area contributed by atoms with Crippen LogP contribution in [-0.4, -0.2) is 42.1 Å². The number of ether oxygens (including phenoxy) is 1. The molecule has 1 aliphatic rings. The van der Waals surface area contributed by atoms with E-state index in [-0.39, 0.29) is 24.5 Å². The zero-order valence-electron chi connectivity index (χ0n) is 10.8. The summed E-state index contributed by atoms with van der Waals surface area (Å²) in [4.78, 5) is 24.7. The minimum absolute atomic E-state index is 0.0879. The molecule has 0 aromatic carbocycles. The van der Waals surface area contributed by atoms with Gasteiger partial charge in [0.25, 0.3) is 0 Å². The third-order valence-corrected chi connectivity index (χ3v) is 2.36. The van der Waals surface area contributed by atoms with Crippen LogP contribution in [-0.2, 0) is 9.53 Å². The molecule has 1 atom stereocenters. The van der Waals surface area contributed by atoms with E-state index >= 15 is 0 Å². The fraction of sp³-hybridized carbons (Fsp3) is 0.667. The molecule has 0 aliphatic carbocycles. The lowest BCUT2D eigenvalue weighted by molar-refractivity contribution is -0.121. The van der Waals surface area contributed by atoms with E-state index in [1.54, 1.807) is 11.9 Å². The van der Waals surface area contributed by atoms with Crippen LogP contribution in [0, 0.1) is 0 Å². The predicted octanol–water partition coefficient (Wildman–Crippen LogP) is 1.30. The summed E-state index contributed by atoms with van der Waals surface area (Å²) in [5.41, 5.74) is -0.517. The highest BCUT2D eigenvalue weighted by Crippen LogP contribution is 2.18. The third kappa shape index (κ3) is 4.09. The predicted molar refractivity (Wildman–Crippen MR) is 64.6 cm³/mol. The van der Waals surface area contributed by atoms with Gasteiger partial charge in [-0.1, -0.05) is 12.2 Å². The summed E-state index contributed by atoms with van der Waals surface area (Å²) in [6, 6.07) is -0.204. The van der Waals surface area contributed by atoms with Crippen molar-refractivity contribution in [1.82, 2.24) is 10.2 Å². The van der Waals surface area contributed by atoms with E-state index in [9.17, 15) is 9.59 Å². The van der Waals surface area contributed by atoms with Gasteiger partial charge in [0.15, 0.2) is 0 Å². The van der Waals surface area contributed by atoms with E-state index in [0.717, 1.165) is 0 Å². The Balaban J connectivity index is 2.59. The Morgan fingerprint density at radius 3 is 2.65 bits per heavy atom. The summed E-state index contributed by atoms with van der Waals surface area (Å²) in [6.07, 6.45) is 3.62. The molecule has 1 N–H and O–H groups in total. The second kappa shape index (κ2) is 5.21. The van der Waals surface area contributed by atoms with Gasteiger partial charge in [-0.2, -0.15) is 0 Å². The maximum atomic E-state index is 11.9. The summed E-state index contributed by atoms with van der Waals surface area (Å²) in [7, 11) is 1.58. The first-order valence-electron chi connectivity index (χ1n) is 5.70. The molecule has 0 aromatic rings. The van der Waals surface area contributed by atoms with E-state index in [0.29, 0.717) is 6.54 Å². The lowest BCUT2D eigenvalue weighted by atomic mass is 10.2. The van der Waals surface area contributed by atoms with Crippen LogP contribution in [0.5, 0.6) is 0 Å². The Labute approximate surface area is 102 Å². The number of nitrogens with one attached hydrogen (secondary N) is 1. The molecule has 1 aliphatic heterocycles. The maximum absolute atomic E-state index is 11.9. The molecule has 0 unspecified atom stereocenters. The number of carbonyl (C=O) groups is 2. The summed E-state index contributed by atoms with van der Waals surface area (Å²) >= 11 is 0. The van der Waals surface area contributed by atoms with Crippen molar-refractivity contribution in [3.63, 3.8) is 0 Å². The van der Waals surface area contributed by atoms with Crippen molar-refractivity contribution in [3.05, 3.63) is 12.2 Å². The average Bonchev–Trinajstić information content (AvgIpc) is 2.63. The second-order valence-corrected chi connectivity index (χ2v) is 5.01. The molecule has 0 bridgehead atoms. The van der Waals surface area contributed by atoms with Gasteiger partial charge in [0.1, 0.15) is 5.60 Å². The second-order valence-electron chi connectivity index (χ2n) is 5.01. The van der Waals surface area contributed by atoms with E-state index < -0.39 is 5.60 Å². The number of amides is 2. The van der Waals surface area contributed by atoms with Crippen molar-refractivity contribution >= 4 is 12.0 Å². The first kappa shape index (κ1) is 13.5. The normalized spacial score (nSPS) is 19.3. The Bertz CT molecular complexity index is 331. The summed E-state index contributed by atoms with van der Waals surface area (Å²) < 4.78 is 5.28. The van der Waals surface area contributed by atoms with Crippen LogP contribution in [0.1, 0.15) is 27.2 Å². The molecule has 0 spiro atoms. The van der Waals surface area contributed by atoms with Crippen LogP contribution in [0.15, 0.2) is 12.2 Å². The molecule has 0 aromatic heterocycles. The molecule has 5 heteroatoms. The fourth-order valence-electron chi connectivity index (χ4n) is 1.57. The van der Waals surface area contributed by atoms with Crippen LogP contribution in [0.25, 0.3) is 0 Å². The molecule has 0 saturated carbocycles. The molecule has 96 valence electrons. The van der Waals surface area contributed by atoms with E-state index in [1.807, 2.05) is 32.9 Å². The average molecular weight is 240 g/mol. The molecule has 5 nitrogen and oxygen atoms in total. The zero-order valence-corrected chi connectivity index (χ0v) is 10.8. The zero-order chi connectivity index (χ0) is 13.1. The monoisotopic (exact) mass is 240 g/mol. The van der Waals surface area contributed by atoms with E-state index in [1.165, 1.54) is 0 Å². The van der Waals surface area contributed by atoms with Crippen LogP contribution < -0.4 is 5.32 Å². The van der Waals surface area contributed by atoms with Gasteiger partial charge >= 0.3 is 6.09 Å². The smallest absolute Gasteiger partial charge is 0.411 e. The van der Waals surface area contributed by atoms with Gasteiger partial charge in [0.05, 0.1) is 12.5 Å². The number of nitrogens with zero attached hydrogens (tertiary/aromatic N) is 1. The van der Waals surface area contributed by atoms with Gasteiger partial charge in [0.2, 0.25) is 5.91 Å². The highest BCUT2D eigenvalue weighted by Gasteiger charge is 2.30. The Kier molecular flexibility index (Phi) is 4.15. The van der Waals surface area contributed by atoms with Crippen molar-refractivity contribution < 1.29 is 14.3 Å². The standard InChI is InChI=1S/C12H20N2O3/c1-12(2,3)17-11(16)14-7-5-6-9(14)8-10(15)13-4/h5-6,9H,7-8H2,1-4H3,(H,13,15)/t9-/m1/s1. The van der Waals surface area contributed by atoms with Crippen LogP contribution in [0.3, 0.4) is 0 Å². The van der Waals surface area contributed by atoms with Crippen molar-refractivity contribution in [2.75, 3.05) is 13.6 Å². The fourth-order valence-corrected chi connectivity index (χ4v) is 1.57. The summed E-state index contributed by atoms with van der Waals surface area (Å²) in [5, 5.41) is 2.55. The lowest BCUT2D eigenvalue weighted by Crippen LogP contribution is -2.42. The van der Waals surface area contributed by atoms with E-state index in [4.69, 9.17) is 4.74 Å². The van der Waals surface area contributed by atoms with Gasteiger partial charge in [-0.25, -0.2) is 4.79 Å². The lowest BCUT2D eigenvalue weighted by Gasteiger charge is -2.28. The maximum Gasteiger partial charge on any atom is 0.411 e. The Morgan fingerprint density at radius 1 is 1.47 bits per heavy atom. The number of hydrogen-bond donors (Lipinski definition) is 1. The van der Waals surface area contributed by atoms with Crippen molar-refractivity contribution in [2.45, 2.75) is 38.8 Å². The van der Waals surface area contributed by atoms with Gasteiger partial charge in [-0.3, -0.25) is 9.69 Å². The van der Waals surface area contributed by atoms with Crippen LogP contribution in [0.2, 0.25) is 0 Å². The van der Waals surface area contributed by atoms with Gasteiger partial charge in [-0.05, 0) is 20.8 Å². The summed E-state index contributed by atoms with van der Waals surface area (Å²) in [6.45, 7) is 5.96. The number of carbonyl (C=O) groups excluding carboxylic acids is 2. The van der Waals surface area contributed by atoms with Gasteiger partial charge in [0, 0.05) is 13.6 Å². The highest BCUT2D eigenvalue weighted by molar-refractivity contribution is 5.78. The highest BCUT2D eigenvalue weighted by atomic mass is 16.6. The van der Waals surface area contributed by atoms with Crippen molar-refractivity contribution in [1.29, 1.82) is 0 Å². The van der Waals surface area contributed by atoms with Crippen LogP contribution >= 0.6 is 0 Å². The molecular formula is C12H20N2O3. The largest absolute Gasteiger partial charge is 0.444 e. The van der Waals surface area contributed by atoms with Gasteiger partial charge in [-0.15, -0.1) is 0 Å². The van der Waals surface area contributed by atoms with Crippen molar-refractivity contribution in [2.24, 2.45) is 0 Å². The molecule has 17 heavy (non-hydrogen) atoms. The van der Waals surface area contributed by atoms with Crippen LogP contribution in [0.4, 0.5) is 4.79 Å². The topological polar surface area (TPSA) is 58.6 Å². The molecular weight excluding hydrogens is 220 g/mol. The van der Waals surface area contributed by atoms with Crippen molar-refractivity contribution in [3.8, 4) is 0 Å². The third-order valence-electron chi connectivity index (χ3n) is 2.36. The first-order chi connectivity index (χ1) is 7.83. The molecule has 0 fully saturated rings. The number of hydrogen-bond acceptors (Lipinski definition) is 3. The number of rotatable bonds is 2. The first-order valence-corrected chi connectivity index (χ1v) is 5.70.